The summed E-state index contributed by atoms with van der Waals surface area (Å²) in [4.78, 5) is 16.3. The molecule has 1 aliphatic heterocycles. The minimum absolute atomic E-state index is 0.0808. The van der Waals surface area contributed by atoms with E-state index in [1.165, 1.54) is 0 Å². The lowest BCUT2D eigenvalue weighted by Crippen LogP contribution is -2.50. The molecule has 1 heterocycles. The molecule has 0 aromatic heterocycles. The third kappa shape index (κ3) is 3.87. The van der Waals surface area contributed by atoms with Gasteiger partial charge in [-0.3, -0.25) is 0 Å². The van der Waals surface area contributed by atoms with Crippen molar-refractivity contribution in [3.05, 3.63) is 58.6 Å². The molecule has 0 spiro atoms. The molecule has 0 atom stereocenters. The van der Waals surface area contributed by atoms with E-state index >= 15 is 0 Å². The van der Waals surface area contributed by atoms with Gasteiger partial charge in [-0.1, -0.05) is 22.0 Å². The fraction of sp³-hybridized carbons (Fsp3) is 0.222. The summed E-state index contributed by atoms with van der Waals surface area (Å²) < 4.78 is 0.980. The summed E-state index contributed by atoms with van der Waals surface area (Å²) in [6.07, 6.45) is 0. The second kappa shape index (κ2) is 7.37. The number of benzene rings is 2. The number of nitrogens with one attached hydrogen (secondary N) is 1. The van der Waals surface area contributed by atoms with Crippen molar-refractivity contribution in [2.75, 3.05) is 36.4 Å². The molecule has 122 valence electrons. The number of hydrogen-bond donors (Lipinski definition) is 1. The van der Waals surface area contributed by atoms with Gasteiger partial charge in [0.25, 0.3) is 0 Å². The van der Waals surface area contributed by atoms with E-state index < -0.39 is 0 Å². The van der Waals surface area contributed by atoms with E-state index in [1.54, 1.807) is 6.07 Å². The summed E-state index contributed by atoms with van der Waals surface area (Å²) in [6.45, 7) is 2.81. The normalized spacial score (nSPS) is 14.2. The van der Waals surface area contributed by atoms with Crippen LogP contribution >= 0.6 is 15.9 Å². The van der Waals surface area contributed by atoms with Crippen LogP contribution in [0.4, 0.5) is 16.2 Å². The number of amides is 2. The Morgan fingerprint density at radius 1 is 1.08 bits per heavy atom. The lowest BCUT2D eigenvalue weighted by Gasteiger charge is -2.36. The Balaban J connectivity index is 1.57. The number of nitrogens with zero attached hydrogens (tertiary/aromatic N) is 3. The highest BCUT2D eigenvalue weighted by molar-refractivity contribution is 9.10. The SMILES string of the molecule is N#Cc1cccc(N2CCN(C(=O)Nc3ccc(Br)cc3)CC2)c1. The minimum atomic E-state index is -0.0808. The largest absolute Gasteiger partial charge is 0.368 e. The standard InChI is InChI=1S/C18H17BrN4O/c19-15-4-6-16(7-5-15)21-18(24)23-10-8-22(9-11-23)17-3-1-2-14(12-17)13-20/h1-7,12H,8-11H2,(H,21,24). The lowest BCUT2D eigenvalue weighted by atomic mass is 10.2. The van der Waals surface area contributed by atoms with Crippen molar-refractivity contribution in [3.63, 3.8) is 0 Å². The first-order valence-electron chi connectivity index (χ1n) is 7.72. The molecule has 6 heteroatoms. The maximum atomic E-state index is 12.3. The average Bonchev–Trinajstić information content (AvgIpc) is 2.64. The van der Waals surface area contributed by atoms with Gasteiger partial charge < -0.3 is 15.1 Å². The molecule has 5 nitrogen and oxygen atoms in total. The smallest absolute Gasteiger partial charge is 0.321 e. The second-order valence-corrected chi connectivity index (χ2v) is 6.49. The number of nitriles is 1. The Labute approximate surface area is 149 Å². The van der Waals surface area contributed by atoms with Gasteiger partial charge in [0, 0.05) is 42.0 Å². The first-order valence-corrected chi connectivity index (χ1v) is 8.51. The van der Waals surface area contributed by atoms with E-state index in [0.717, 1.165) is 28.9 Å². The van der Waals surface area contributed by atoms with Crippen LogP contribution in [0.15, 0.2) is 53.0 Å². The molecule has 1 N–H and O–H groups in total. The van der Waals surface area contributed by atoms with Crippen LogP contribution in [-0.2, 0) is 0 Å². The lowest BCUT2D eigenvalue weighted by molar-refractivity contribution is 0.208. The summed E-state index contributed by atoms with van der Waals surface area (Å²) >= 11 is 3.38. The molecule has 0 radical (unpaired) electrons. The van der Waals surface area contributed by atoms with Crippen LogP contribution in [0.5, 0.6) is 0 Å². The number of anilines is 2. The highest BCUT2D eigenvalue weighted by Crippen LogP contribution is 2.19. The maximum absolute atomic E-state index is 12.3. The van der Waals surface area contributed by atoms with Crippen LogP contribution in [0, 0.1) is 11.3 Å². The number of carbonyl (C=O) groups excluding carboxylic acids is 1. The van der Waals surface area contributed by atoms with Crippen molar-refractivity contribution in [2.24, 2.45) is 0 Å². The van der Waals surface area contributed by atoms with Gasteiger partial charge in [-0.25, -0.2) is 4.79 Å². The van der Waals surface area contributed by atoms with Gasteiger partial charge >= 0.3 is 6.03 Å². The molecule has 24 heavy (non-hydrogen) atoms. The summed E-state index contributed by atoms with van der Waals surface area (Å²) in [6, 6.07) is 17.2. The first-order chi connectivity index (χ1) is 11.7. The van der Waals surface area contributed by atoms with Gasteiger partial charge in [0.2, 0.25) is 0 Å². The van der Waals surface area contributed by atoms with Crippen LogP contribution < -0.4 is 10.2 Å². The number of hydrogen-bond acceptors (Lipinski definition) is 3. The number of halogens is 1. The minimum Gasteiger partial charge on any atom is -0.368 e. The van der Waals surface area contributed by atoms with Crippen molar-refractivity contribution in [2.45, 2.75) is 0 Å². The number of urea groups is 1. The molecule has 2 amide bonds. The van der Waals surface area contributed by atoms with Crippen molar-refractivity contribution in [1.29, 1.82) is 5.26 Å². The van der Waals surface area contributed by atoms with E-state index in [2.05, 4.69) is 32.2 Å². The summed E-state index contributed by atoms with van der Waals surface area (Å²) in [5.74, 6) is 0. The maximum Gasteiger partial charge on any atom is 0.321 e. The Kier molecular flexibility index (Phi) is 5.02. The van der Waals surface area contributed by atoms with Gasteiger partial charge in [0.05, 0.1) is 11.6 Å². The highest BCUT2D eigenvalue weighted by Gasteiger charge is 2.21. The van der Waals surface area contributed by atoms with E-state index in [-0.39, 0.29) is 6.03 Å². The zero-order valence-corrected chi connectivity index (χ0v) is 14.7. The molecule has 2 aromatic rings. The van der Waals surface area contributed by atoms with E-state index in [4.69, 9.17) is 5.26 Å². The topological polar surface area (TPSA) is 59.4 Å². The van der Waals surface area contributed by atoms with E-state index in [0.29, 0.717) is 18.7 Å². The van der Waals surface area contributed by atoms with E-state index in [9.17, 15) is 4.79 Å². The quantitative estimate of drug-likeness (QED) is 0.858. The molecule has 2 aromatic carbocycles. The average molecular weight is 385 g/mol. The van der Waals surface area contributed by atoms with Crippen LogP contribution in [0.3, 0.4) is 0 Å². The number of piperazine rings is 1. The third-order valence-electron chi connectivity index (χ3n) is 4.00. The van der Waals surface area contributed by atoms with Crippen LogP contribution in [0.2, 0.25) is 0 Å². The molecular weight excluding hydrogens is 368 g/mol. The van der Waals surface area contributed by atoms with Crippen molar-refractivity contribution in [3.8, 4) is 6.07 Å². The number of rotatable bonds is 2. The van der Waals surface area contributed by atoms with Gasteiger partial charge in [-0.15, -0.1) is 0 Å². The zero-order chi connectivity index (χ0) is 16.9. The molecule has 3 rings (SSSR count). The summed E-state index contributed by atoms with van der Waals surface area (Å²) in [5, 5.41) is 11.9. The van der Waals surface area contributed by atoms with Crippen molar-refractivity contribution in [1.82, 2.24) is 4.90 Å². The Bertz CT molecular complexity index is 761. The highest BCUT2D eigenvalue weighted by atomic mass is 79.9. The van der Waals surface area contributed by atoms with Gasteiger partial charge in [0.15, 0.2) is 0 Å². The second-order valence-electron chi connectivity index (χ2n) is 5.57. The van der Waals surface area contributed by atoms with Crippen LogP contribution in [0.1, 0.15) is 5.56 Å². The molecule has 0 unspecified atom stereocenters. The van der Waals surface area contributed by atoms with E-state index in [1.807, 2.05) is 47.4 Å². The summed E-state index contributed by atoms with van der Waals surface area (Å²) in [7, 11) is 0. The van der Waals surface area contributed by atoms with Gasteiger partial charge in [-0.05, 0) is 42.5 Å². The Hall–Kier alpha value is -2.52. The molecule has 0 bridgehead atoms. The predicted molar refractivity (Wildman–Crippen MR) is 98.1 cm³/mol. The fourth-order valence-electron chi connectivity index (χ4n) is 2.68. The van der Waals surface area contributed by atoms with Crippen LogP contribution in [0.25, 0.3) is 0 Å². The predicted octanol–water partition coefficient (Wildman–Crippen LogP) is 3.67. The van der Waals surface area contributed by atoms with Gasteiger partial charge in [0.1, 0.15) is 0 Å². The first kappa shape index (κ1) is 16.3. The number of carbonyl (C=O) groups is 1. The molecule has 1 aliphatic rings. The Morgan fingerprint density at radius 3 is 2.46 bits per heavy atom. The van der Waals surface area contributed by atoms with Crippen molar-refractivity contribution >= 4 is 33.3 Å². The van der Waals surface area contributed by atoms with Crippen molar-refractivity contribution < 1.29 is 4.79 Å². The van der Waals surface area contributed by atoms with Gasteiger partial charge in [-0.2, -0.15) is 5.26 Å². The third-order valence-corrected chi connectivity index (χ3v) is 4.53. The molecule has 0 aliphatic carbocycles. The fourth-order valence-corrected chi connectivity index (χ4v) is 2.94. The Morgan fingerprint density at radius 2 is 1.79 bits per heavy atom. The molecule has 1 saturated heterocycles. The zero-order valence-electron chi connectivity index (χ0n) is 13.1. The molecular formula is C18H17BrN4O. The molecule has 1 fully saturated rings. The van der Waals surface area contributed by atoms with Crippen LogP contribution in [-0.4, -0.2) is 37.1 Å². The summed E-state index contributed by atoms with van der Waals surface area (Å²) in [5.41, 5.74) is 2.47. The monoisotopic (exact) mass is 384 g/mol. The molecule has 0 saturated carbocycles.